The molecule has 0 amide bonds. The Morgan fingerprint density at radius 1 is 1.52 bits per heavy atom. The summed E-state index contributed by atoms with van der Waals surface area (Å²) >= 11 is 6.05. The number of pyridine rings is 1. The van der Waals surface area contributed by atoms with Crippen LogP contribution in [0.25, 0.3) is 0 Å². The first-order valence-corrected chi connectivity index (χ1v) is 7.11. The number of nitro groups is 1. The van der Waals surface area contributed by atoms with Crippen LogP contribution in [0, 0.1) is 10.1 Å². The fourth-order valence-electron chi connectivity index (χ4n) is 2.44. The van der Waals surface area contributed by atoms with Crippen molar-refractivity contribution in [2.75, 3.05) is 39.2 Å². The Kier molecular flexibility index (Phi) is 4.97. The Morgan fingerprint density at radius 3 is 2.71 bits per heavy atom. The number of rotatable bonds is 5. The van der Waals surface area contributed by atoms with Gasteiger partial charge in [0.15, 0.2) is 0 Å². The molecule has 1 aromatic rings. The standard InChI is InChI=1S/C13H19ClN4O3/c1-17(2)13(3-5-21-6-4-13)9-16-12-11(14)7-10(8-15-12)18(19)20/h7-8H,3-6,9H2,1-2H3,(H,15,16). The van der Waals surface area contributed by atoms with Crippen LogP contribution < -0.4 is 5.32 Å². The topological polar surface area (TPSA) is 80.5 Å². The zero-order valence-corrected chi connectivity index (χ0v) is 12.9. The molecule has 116 valence electrons. The summed E-state index contributed by atoms with van der Waals surface area (Å²) in [5.74, 6) is 0.468. The maximum Gasteiger partial charge on any atom is 0.289 e. The van der Waals surface area contributed by atoms with E-state index in [0.717, 1.165) is 26.1 Å². The Labute approximate surface area is 128 Å². The van der Waals surface area contributed by atoms with E-state index < -0.39 is 4.92 Å². The van der Waals surface area contributed by atoms with Crippen molar-refractivity contribution in [2.45, 2.75) is 18.4 Å². The lowest BCUT2D eigenvalue weighted by atomic mass is 9.88. The van der Waals surface area contributed by atoms with Gasteiger partial charge in [-0.2, -0.15) is 0 Å². The van der Waals surface area contributed by atoms with Crippen molar-refractivity contribution in [3.63, 3.8) is 0 Å². The maximum absolute atomic E-state index is 10.7. The van der Waals surface area contributed by atoms with E-state index >= 15 is 0 Å². The van der Waals surface area contributed by atoms with Gasteiger partial charge in [-0.3, -0.25) is 10.1 Å². The minimum Gasteiger partial charge on any atom is -0.381 e. The van der Waals surface area contributed by atoms with Gasteiger partial charge >= 0.3 is 0 Å². The second-order valence-corrected chi connectivity index (χ2v) is 5.77. The summed E-state index contributed by atoms with van der Waals surface area (Å²) in [7, 11) is 4.08. The molecule has 2 rings (SSSR count). The van der Waals surface area contributed by atoms with Crippen LogP contribution in [-0.4, -0.2) is 54.2 Å². The minimum absolute atomic E-state index is 0.0228. The lowest BCUT2D eigenvalue weighted by Gasteiger charge is -2.43. The lowest BCUT2D eigenvalue weighted by molar-refractivity contribution is -0.385. The minimum atomic E-state index is -0.511. The molecule has 0 unspecified atom stereocenters. The molecular weight excluding hydrogens is 296 g/mol. The number of aromatic nitrogens is 1. The van der Waals surface area contributed by atoms with E-state index in [4.69, 9.17) is 16.3 Å². The first-order chi connectivity index (χ1) is 9.94. The third-order valence-electron chi connectivity index (χ3n) is 3.99. The Hall–Kier alpha value is -1.44. The summed E-state index contributed by atoms with van der Waals surface area (Å²) in [5.41, 5.74) is -0.135. The highest BCUT2D eigenvalue weighted by Crippen LogP contribution is 2.28. The summed E-state index contributed by atoms with van der Waals surface area (Å²) in [6, 6.07) is 1.31. The van der Waals surface area contributed by atoms with E-state index in [2.05, 4.69) is 15.2 Å². The van der Waals surface area contributed by atoms with Crippen molar-refractivity contribution >= 4 is 23.1 Å². The first kappa shape index (κ1) is 15.9. The number of nitrogens with zero attached hydrogens (tertiary/aromatic N) is 3. The van der Waals surface area contributed by atoms with Crippen LogP contribution in [0.3, 0.4) is 0 Å². The van der Waals surface area contributed by atoms with Crippen molar-refractivity contribution in [2.24, 2.45) is 0 Å². The average molecular weight is 315 g/mol. The van der Waals surface area contributed by atoms with Crippen LogP contribution in [0.4, 0.5) is 11.5 Å². The second-order valence-electron chi connectivity index (χ2n) is 5.37. The Balaban J connectivity index is 2.09. The molecule has 0 aromatic carbocycles. The summed E-state index contributed by atoms with van der Waals surface area (Å²) in [5, 5.41) is 14.1. The smallest absolute Gasteiger partial charge is 0.289 e. The van der Waals surface area contributed by atoms with Gasteiger partial charge < -0.3 is 15.0 Å². The average Bonchev–Trinajstić information content (AvgIpc) is 2.46. The van der Waals surface area contributed by atoms with Gasteiger partial charge in [-0.05, 0) is 26.9 Å². The Morgan fingerprint density at radius 2 is 2.19 bits per heavy atom. The molecule has 1 aromatic heterocycles. The van der Waals surface area contributed by atoms with Crippen LogP contribution >= 0.6 is 11.6 Å². The van der Waals surface area contributed by atoms with Crippen molar-refractivity contribution in [3.8, 4) is 0 Å². The predicted molar refractivity (Wildman–Crippen MR) is 80.9 cm³/mol. The number of halogens is 1. The monoisotopic (exact) mass is 314 g/mol. The van der Waals surface area contributed by atoms with Crippen molar-refractivity contribution in [1.29, 1.82) is 0 Å². The van der Waals surface area contributed by atoms with E-state index in [9.17, 15) is 10.1 Å². The predicted octanol–water partition coefficient (Wildman–Crippen LogP) is 2.17. The van der Waals surface area contributed by atoms with Crippen LogP contribution in [0.1, 0.15) is 12.8 Å². The molecule has 7 nitrogen and oxygen atoms in total. The van der Waals surface area contributed by atoms with Gasteiger partial charge in [-0.25, -0.2) is 4.98 Å². The van der Waals surface area contributed by atoms with Gasteiger partial charge in [0.05, 0.1) is 9.95 Å². The number of anilines is 1. The molecule has 0 bridgehead atoms. The molecule has 1 N–H and O–H groups in total. The quantitative estimate of drug-likeness (QED) is 0.662. The fraction of sp³-hybridized carbons (Fsp3) is 0.615. The number of ether oxygens (including phenoxy) is 1. The zero-order chi connectivity index (χ0) is 15.5. The molecule has 1 aliphatic rings. The van der Waals surface area contributed by atoms with E-state index in [0.29, 0.717) is 12.4 Å². The molecule has 1 aliphatic heterocycles. The van der Waals surface area contributed by atoms with Crippen LogP contribution in [-0.2, 0) is 4.74 Å². The van der Waals surface area contributed by atoms with Crippen molar-refractivity contribution in [3.05, 3.63) is 27.4 Å². The van der Waals surface area contributed by atoms with E-state index in [1.54, 1.807) is 0 Å². The Bertz CT molecular complexity index is 518. The molecule has 0 saturated carbocycles. The zero-order valence-electron chi connectivity index (χ0n) is 12.1. The molecular formula is C13H19ClN4O3. The van der Waals surface area contributed by atoms with Crippen LogP contribution in [0.2, 0.25) is 5.02 Å². The number of likely N-dealkylation sites (N-methyl/N-ethyl adjacent to an activating group) is 1. The van der Waals surface area contributed by atoms with Gasteiger partial charge in [0.2, 0.25) is 0 Å². The highest BCUT2D eigenvalue weighted by Gasteiger charge is 2.34. The molecule has 0 atom stereocenters. The molecule has 1 saturated heterocycles. The summed E-state index contributed by atoms with van der Waals surface area (Å²) < 4.78 is 5.42. The summed E-state index contributed by atoms with van der Waals surface area (Å²) in [6.45, 7) is 2.11. The van der Waals surface area contributed by atoms with Crippen molar-refractivity contribution in [1.82, 2.24) is 9.88 Å². The highest BCUT2D eigenvalue weighted by atomic mass is 35.5. The van der Waals surface area contributed by atoms with Crippen LogP contribution in [0.5, 0.6) is 0 Å². The normalized spacial score (nSPS) is 17.7. The highest BCUT2D eigenvalue weighted by molar-refractivity contribution is 6.33. The lowest BCUT2D eigenvalue weighted by Crippen LogP contribution is -2.53. The van der Waals surface area contributed by atoms with Gasteiger partial charge in [-0.15, -0.1) is 0 Å². The molecule has 21 heavy (non-hydrogen) atoms. The molecule has 0 radical (unpaired) electrons. The van der Waals surface area contributed by atoms with Gasteiger partial charge in [0.1, 0.15) is 12.0 Å². The number of hydrogen-bond acceptors (Lipinski definition) is 6. The fourth-order valence-corrected chi connectivity index (χ4v) is 2.67. The number of hydrogen-bond donors (Lipinski definition) is 1. The van der Waals surface area contributed by atoms with E-state index in [1.165, 1.54) is 12.3 Å². The van der Waals surface area contributed by atoms with Crippen molar-refractivity contribution < 1.29 is 9.66 Å². The third kappa shape index (κ3) is 3.61. The summed E-state index contributed by atoms with van der Waals surface area (Å²) in [4.78, 5) is 16.4. The first-order valence-electron chi connectivity index (χ1n) is 6.74. The third-order valence-corrected chi connectivity index (χ3v) is 4.28. The summed E-state index contributed by atoms with van der Waals surface area (Å²) in [6.07, 6.45) is 3.04. The van der Waals surface area contributed by atoms with E-state index in [-0.39, 0.29) is 16.2 Å². The second kappa shape index (κ2) is 6.55. The van der Waals surface area contributed by atoms with Gasteiger partial charge in [0.25, 0.3) is 5.69 Å². The number of nitrogens with one attached hydrogen (secondary N) is 1. The molecule has 1 fully saturated rings. The molecule has 0 aliphatic carbocycles. The van der Waals surface area contributed by atoms with Gasteiger partial charge in [-0.1, -0.05) is 11.6 Å². The molecule has 0 spiro atoms. The van der Waals surface area contributed by atoms with E-state index in [1.807, 2.05) is 14.1 Å². The molecule has 8 heteroatoms. The van der Waals surface area contributed by atoms with Gasteiger partial charge in [0, 0.05) is 31.4 Å². The largest absolute Gasteiger partial charge is 0.381 e. The SMILES string of the molecule is CN(C)C1(CNc2ncc([N+](=O)[O-])cc2Cl)CCOCC1. The molecule has 2 heterocycles. The van der Waals surface area contributed by atoms with Crippen LogP contribution in [0.15, 0.2) is 12.3 Å². The maximum atomic E-state index is 10.7.